The lowest BCUT2D eigenvalue weighted by molar-refractivity contribution is -0.122. The van der Waals surface area contributed by atoms with Crippen LogP contribution in [0, 0.1) is 17.6 Å². The molecule has 2 aliphatic rings. The highest BCUT2D eigenvalue weighted by atomic mass is 19.1. The van der Waals surface area contributed by atoms with Crippen LogP contribution in [-0.4, -0.2) is 50.9 Å². The Labute approximate surface area is 199 Å². The Hall–Kier alpha value is -3.41. The number of aromatic nitrogens is 4. The number of anilines is 3. The number of halogens is 3. The zero-order valence-electron chi connectivity index (χ0n) is 18.9. The molecule has 5 rings (SSSR count). The minimum Gasteiger partial charge on any atom is -0.378 e. The van der Waals surface area contributed by atoms with Crippen molar-refractivity contribution in [1.82, 2.24) is 19.5 Å². The van der Waals surface area contributed by atoms with Gasteiger partial charge in [-0.05, 0) is 44.2 Å². The number of ether oxygens (including phenoxy) is 1. The number of hydrogen-bond donors (Lipinski definition) is 3. The first-order chi connectivity index (χ1) is 16.9. The van der Waals surface area contributed by atoms with Gasteiger partial charge in [0, 0.05) is 18.6 Å². The number of primary amides is 1. The van der Waals surface area contributed by atoms with E-state index in [-0.39, 0.29) is 42.1 Å². The largest absolute Gasteiger partial charge is 0.378 e. The van der Waals surface area contributed by atoms with E-state index in [4.69, 9.17) is 10.5 Å². The van der Waals surface area contributed by atoms with Crippen LogP contribution in [0.1, 0.15) is 38.1 Å². The van der Waals surface area contributed by atoms with Crippen molar-refractivity contribution in [2.75, 3.05) is 23.8 Å². The highest BCUT2D eigenvalue weighted by Gasteiger charge is 2.30. The number of para-hydroxylation sites is 1. The summed E-state index contributed by atoms with van der Waals surface area (Å²) in [6.07, 6.45) is 3.13. The van der Waals surface area contributed by atoms with Gasteiger partial charge in [-0.2, -0.15) is 4.98 Å². The molecule has 1 aromatic carbocycles. The van der Waals surface area contributed by atoms with Gasteiger partial charge in [-0.25, -0.2) is 23.1 Å². The van der Waals surface area contributed by atoms with E-state index in [0.717, 1.165) is 12.1 Å². The summed E-state index contributed by atoms with van der Waals surface area (Å²) in [5.41, 5.74) is 6.00. The second-order valence-electron chi connectivity index (χ2n) is 8.97. The summed E-state index contributed by atoms with van der Waals surface area (Å²) < 4.78 is 50.0. The minimum atomic E-state index is -1.20. The van der Waals surface area contributed by atoms with E-state index in [9.17, 15) is 18.0 Å². The quantitative estimate of drug-likeness (QED) is 0.484. The molecule has 3 aromatic rings. The lowest BCUT2D eigenvalue weighted by Gasteiger charge is -2.29. The van der Waals surface area contributed by atoms with Gasteiger partial charge in [0.05, 0.1) is 18.8 Å². The zero-order chi connectivity index (χ0) is 24.5. The first kappa shape index (κ1) is 23.3. The Morgan fingerprint density at radius 3 is 2.54 bits per heavy atom. The van der Waals surface area contributed by atoms with Crippen LogP contribution in [0.3, 0.4) is 0 Å². The zero-order valence-corrected chi connectivity index (χ0v) is 18.9. The Morgan fingerprint density at radius 1 is 1.11 bits per heavy atom. The monoisotopic (exact) mass is 489 g/mol. The molecule has 9 nitrogen and oxygen atoms in total. The van der Waals surface area contributed by atoms with E-state index in [1.54, 1.807) is 4.57 Å². The number of nitrogens with two attached hydrogens (primary N) is 1. The van der Waals surface area contributed by atoms with Crippen molar-refractivity contribution in [3.63, 3.8) is 0 Å². The number of hydrogen-bond acceptors (Lipinski definition) is 7. The molecule has 1 amide bonds. The molecule has 3 heterocycles. The number of nitrogens with zero attached hydrogens (tertiary/aromatic N) is 4. The van der Waals surface area contributed by atoms with Gasteiger partial charge in [0.1, 0.15) is 29.0 Å². The Bertz CT molecular complexity index is 1210. The third-order valence-electron chi connectivity index (χ3n) is 6.70. The summed E-state index contributed by atoms with van der Waals surface area (Å²) in [5, 5.41) is 5.82. The number of amides is 1. The molecular formula is C23H26F3N7O2. The van der Waals surface area contributed by atoms with Gasteiger partial charge in [-0.3, -0.25) is 9.36 Å². The van der Waals surface area contributed by atoms with Crippen LogP contribution in [0.2, 0.25) is 0 Å². The van der Waals surface area contributed by atoms with Crippen molar-refractivity contribution >= 4 is 34.7 Å². The van der Waals surface area contributed by atoms with Gasteiger partial charge in [-0.15, -0.1) is 0 Å². The van der Waals surface area contributed by atoms with Crippen molar-refractivity contribution < 1.29 is 22.7 Å². The van der Waals surface area contributed by atoms with Crippen molar-refractivity contribution in [2.45, 2.75) is 50.4 Å². The summed E-state index contributed by atoms with van der Waals surface area (Å²) >= 11 is 0. The maximum absolute atomic E-state index is 14.4. The van der Waals surface area contributed by atoms with Gasteiger partial charge >= 0.3 is 0 Å². The highest BCUT2D eigenvalue weighted by molar-refractivity contribution is 5.78. The van der Waals surface area contributed by atoms with E-state index in [2.05, 4.69) is 25.6 Å². The van der Waals surface area contributed by atoms with Gasteiger partial charge in [-0.1, -0.05) is 6.07 Å². The maximum Gasteiger partial charge on any atom is 0.225 e. The van der Waals surface area contributed by atoms with Crippen molar-refractivity contribution in [3.05, 3.63) is 36.0 Å². The SMILES string of the molecule is NC(=O)C1CCC(n2c(Nc3c(F)cccc3F)nc3cnc(NC4CCOC[C@@H]4F)nc32)CC1. The van der Waals surface area contributed by atoms with Crippen LogP contribution in [0.4, 0.5) is 30.8 Å². The predicted octanol–water partition coefficient (Wildman–Crippen LogP) is 3.60. The number of fused-ring (bicyclic) bond motifs is 1. The molecule has 12 heteroatoms. The molecule has 1 aliphatic heterocycles. The van der Waals surface area contributed by atoms with Crippen LogP contribution in [0.5, 0.6) is 0 Å². The minimum absolute atomic E-state index is 0.00319. The summed E-state index contributed by atoms with van der Waals surface area (Å²) in [6, 6.07) is 2.95. The molecule has 1 saturated heterocycles. The molecule has 2 fully saturated rings. The fourth-order valence-electron chi connectivity index (χ4n) is 4.77. The topological polar surface area (TPSA) is 120 Å². The van der Waals surface area contributed by atoms with Crippen LogP contribution < -0.4 is 16.4 Å². The van der Waals surface area contributed by atoms with E-state index in [0.29, 0.717) is 49.9 Å². The average molecular weight is 490 g/mol. The molecule has 0 bridgehead atoms. The van der Waals surface area contributed by atoms with Crippen LogP contribution in [-0.2, 0) is 9.53 Å². The van der Waals surface area contributed by atoms with E-state index in [1.165, 1.54) is 12.3 Å². The molecular weight excluding hydrogens is 463 g/mol. The Balaban J connectivity index is 1.52. The fraction of sp³-hybridized carbons (Fsp3) is 0.478. The number of imidazole rings is 1. The predicted molar refractivity (Wildman–Crippen MR) is 123 cm³/mol. The third-order valence-corrected chi connectivity index (χ3v) is 6.70. The van der Waals surface area contributed by atoms with Gasteiger partial charge in [0.15, 0.2) is 5.65 Å². The van der Waals surface area contributed by atoms with Crippen LogP contribution in [0.15, 0.2) is 24.4 Å². The summed E-state index contributed by atoms with van der Waals surface area (Å²) in [6.45, 7) is 0.437. The second kappa shape index (κ2) is 9.68. The second-order valence-corrected chi connectivity index (χ2v) is 8.97. The van der Waals surface area contributed by atoms with E-state index < -0.39 is 23.8 Å². The first-order valence-electron chi connectivity index (χ1n) is 11.6. The average Bonchev–Trinajstić information content (AvgIpc) is 3.20. The summed E-state index contributed by atoms with van der Waals surface area (Å²) in [7, 11) is 0. The molecule has 2 atom stereocenters. The van der Waals surface area contributed by atoms with Crippen LogP contribution >= 0.6 is 0 Å². The highest BCUT2D eigenvalue weighted by Crippen LogP contribution is 2.37. The van der Waals surface area contributed by atoms with E-state index >= 15 is 0 Å². The number of benzene rings is 1. The lowest BCUT2D eigenvalue weighted by Crippen LogP contribution is -2.39. The number of carbonyl (C=O) groups is 1. The third kappa shape index (κ3) is 4.75. The molecule has 186 valence electrons. The van der Waals surface area contributed by atoms with E-state index in [1.807, 2.05) is 0 Å². The molecule has 1 aliphatic carbocycles. The molecule has 0 spiro atoms. The molecule has 1 saturated carbocycles. The number of carbonyl (C=O) groups excluding carboxylic acids is 1. The normalized spacial score (nSPS) is 24.9. The summed E-state index contributed by atoms with van der Waals surface area (Å²) in [4.78, 5) is 25.0. The van der Waals surface area contributed by atoms with Crippen molar-refractivity contribution in [1.29, 1.82) is 0 Å². The van der Waals surface area contributed by atoms with Gasteiger partial charge in [0.2, 0.25) is 17.8 Å². The van der Waals surface area contributed by atoms with Gasteiger partial charge < -0.3 is 21.1 Å². The smallest absolute Gasteiger partial charge is 0.225 e. The summed E-state index contributed by atoms with van der Waals surface area (Å²) in [5.74, 6) is -1.65. The van der Waals surface area contributed by atoms with Crippen molar-refractivity contribution in [3.8, 4) is 0 Å². The lowest BCUT2D eigenvalue weighted by atomic mass is 9.85. The first-order valence-corrected chi connectivity index (χ1v) is 11.6. The number of nitrogens with one attached hydrogen (secondary N) is 2. The molecule has 1 unspecified atom stereocenters. The Morgan fingerprint density at radius 2 is 1.86 bits per heavy atom. The standard InChI is InChI=1S/C23H26F3N7O2/c24-14-2-1-3-15(25)19(14)31-23-30-18-10-28-22(29-17-8-9-35-11-16(17)26)32-21(18)33(23)13-6-4-12(5-7-13)20(27)34/h1-3,10,12-13,16-17H,4-9,11H2,(H2,27,34)(H,30,31)(H,28,29,32)/t12?,13?,16-,17?/m0/s1. The van der Waals surface area contributed by atoms with Gasteiger partial charge in [0.25, 0.3) is 0 Å². The van der Waals surface area contributed by atoms with Crippen molar-refractivity contribution in [2.24, 2.45) is 11.7 Å². The molecule has 35 heavy (non-hydrogen) atoms. The molecule has 0 radical (unpaired) electrons. The molecule has 4 N–H and O–H groups in total. The maximum atomic E-state index is 14.4. The fourth-order valence-corrected chi connectivity index (χ4v) is 4.77. The molecule has 2 aromatic heterocycles. The number of alkyl halides is 1. The number of rotatable bonds is 6. The Kier molecular flexibility index (Phi) is 6.46. The van der Waals surface area contributed by atoms with Crippen LogP contribution in [0.25, 0.3) is 11.2 Å².